The third kappa shape index (κ3) is 4.83. The van der Waals surface area contributed by atoms with Crippen molar-refractivity contribution in [2.75, 3.05) is 4.90 Å². The number of benzene rings is 3. The Morgan fingerprint density at radius 1 is 0.909 bits per heavy atom. The van der Waals surface area contributed by atoms with Crippen LogP contribution in [0.25, 0.3) is 22.4 Å². The fourth-order valence-electron chi connectivity index (χ4n) is 4.54. The van der Waals surface area contributed by atoms with Gasteiger partial charge in [0.1, 0.15) is 0 Å². The highest BCUT2D eigenvalue weighted by Gasteiger charge is 2.25. The molecule has 0 radical (unpaired) electrons. The van der Waals surface area contributed by atoms with Gasteiger partial charge in [-0.25, -0.2) is 9.78 Å². The predicted molar refractivity (Wildman–Crippen MR) is 135 cm³/mol. The first-order valence-electron chi connectivity index (χ1n) is 11.4. The molecule has 5 heteroatoms. The highest BCUT2D eigenvalue weighted by atomic mass is 32.1. The molecule has 0 saturated heterocycles. The van der Waals surface area contributed by atoms with Crippen molar-refractivity contribution in [2.45, 2.75) is 38.3 Å². The van der Waals surface area contributed by atoms with E-state index in [4.69, 9.17) is 4.98 Å². The maximum absolute atomic E-state index is 11.2. The highest BCUT2D eigenvalue weighted by molar-refractivity contribution is 7.14. The van der Waals surface area contributed by atoms with Gasteiger partial charge in [0.05, 0.1) is 11.3 Å². The summed E-state index contributed by atoms with van der Waals surface area (Å²) >= 11 is 1.69. The SMILES string of the molecule is O=C(O)c1ccc(CN(c2nc(-c3cccc(-c4ccccc4)c3)cs2)C2CCCC2)cc1. The van der Waals surface area contributed by atoms with Crippen LogP contribution in [0.5, 0.6) is 0 Å². The van der Waals surface area contributed by atoms with Gasteiger partial charge in [-0.1, -0.05) is 73.5 Å². The minimum atomic E-state index is -0.892. The van der Waals surface area contributed by atoms with Crippen molar-refractivity contribution < 1.29 is 9.90 Å². The van der Waals surface area contributed by atoms with Crippen molar-refractivity contribution in [1.29, 1.82) is 0 Å². The lowest BCUT2D eigenvalue weighted by atomic mass is 10.0. The van der Waals surface area contributed by atoms with E-state index in [-0.39, 0.29) is 0 Å². The molecule has 1 heterocycles. The minimum Gasteiger partial charge on any atom is -0.478 e. The highest BCUT2D eigenvalue weighted by Crippen LogP contribution is 2.35. The van der Waals surface area contributed by atoms with Gasteiger partial charge in [0.2, 0.25) is 0 Å². The number of rotatable bonds is 7. The Morgan fingerprint density at radius 3 is 2.33 bits per heavy atom. The van der Waals surface area contributed by atoms with E-state index in [0.29, 0.717) is 11.6 Å². The molecule has 1 aromatic heterocycles. The topological polar surface area (TPSA) is 53.4 Å². The molecule has 0 aliphatic heterocycles. The van der Waals surface area contributed by atoms with Crippen molar-refractivity contribution >= 4 is 22.4 Å². The van der Waals surface area contributed by atoms with Crippen LogP contribution in [0.2, 0.25) is 0 Å². The summed E-state index contributed by atoms with van der Waals surface area (Å²) in [6.45, 7) is 0.738. The molecular formula is C28H26N2O2S. The van der Waals surface area contributed by atoms with E-state index in [1.807, 2.05) is 18.2 Å². The largest absolute Gasteiger partial charge is 0.478 e. The molecule has 166 valence electrons. The lowest BCUT2D eigenvalue weighted by molar-refractivity contribution is 0.0697. The van der Waals surface area contributed by atoms with E-state index in [0.717, 1.165) is 28.5 Å². The van der Waals surface area contributed by atoms with Crippen molar-refractivity contribution in [3.05, 3.63) is 95.4 Å². The minimum absolute atomic E-state index is 0.320. The Bertz CT molecular complexity index is 1230. The van der Waals surface area contributed by atoms with Gasteiger partial charge in [-0.05, 0) is 47.7 Å². The number of aromatic carboxylic acids is 1. The summed E-state index contributed by atoms with van der Waals surface area (Å²) in [6, 6.07) is 26.7. The zero-order valence-corrected chi connectivity index (χ0v) is 19.2. The Kier molecular flexibility index (Phi) is 6.22. The Morgan fingerprint density at radius 2 is 1.61 bits per heavy atom. The van der Waals surface area contributed by atoms with Crippen LogP contribution < -0.4 is 4.90 Å². The van der Waals surface area contributed by atoms with E-state index in [2.05, 4.69) is 58.8 Å². The van der Waals surface area contributed by atoms with Gasteiger partial charge >= 0.3 is 5.97 Å². The Labute approximate surface area is 198 Å². The number of anilines is 1. The zero-order valence-electron chi connectivity index (χ0n) is 18.4. The third-order valence-electron chi connectivity index (χ3n) is 6.32. The number of aromatic nitrogens is 1. The molecule has 1 aliphatic rings. The van der Waals surface area contributed by atoms with Gasteiger partial charge in [-0.3, -0.25) is 0 Å². The number of nitrogens with zero attached hydrogens (tertiary/aromatic N) is 2. The van der Waals surface area contributed by atoms with Gasteiger partial charge in [-0.2, -0.15) is 0 Å². The molecule has 33 heavy (non-hydrogen) atoms. The first-order valence-corrected chi connectivity index (χ1v) is 12.3. The molecule has 0 spiro atoms. The summed E-state index contributed by atoms with van der Waals surface area (Å²) in [5.41, 5.74) is 5.93. The lowest BCUT2D eigenvalue weighted by Crippen LogP contribution is -2.32. The average molecular weight is 455 g/mol. The monoisotopic (exact) mass is 454 g/mol. The van der Waals surface area contributed by atoms with Crippen LogP contribution in [0.1, 0.15) is 41.6 Å². The van der Waals surface area contributed by atoms with Gasteiger partial charge in [0.15, 0.2) is 5.13 Å². The van der Waals surface area contributed by atoms with Crippen molar-refractivity contribution in [1.82, 2.24) is 4.98 Å². The second kappa shape index (κ2) is 9.59. The molecule has 0 atom stereocenters. The molecule has 4 aromatic rings. The summed E-state index contributed by atoms with van der Waals surface area (Å²) < 4.78 is 0. The lowest BCUT2D eigenvalue weighted by Gasteiger charge is -2.28. The van der Waals surface area contributed by atoms with Crippen LogP contribution in [0, 0.1) is 0 Å². The summed E-state index contributed by atoms with van der Waals surface area (Å²) in [5, 5.41) is 12.4. The molecule has 0 unspecified atom stereocenters. The number of thiazole rings is 1. The van der Waals surface area contributed by atoms with Crippen LogP contribution in [-0.4, -0.2) is 22.1 Å². The fraction of sp³-hybridized carbons (Fsp3) is 0.214. The number of carboxylic acid groups (broad SMARTS) is 1. The quantitative estimate of drug-likeness (QED) is 0.323. The normalized spacial score (nSPS) is 13.8. The first-order chi connectivity index (χ1) is 16.2. The second-order valence-electron chi connectivity index (χ2n) is 8.53. The summed E-state index contributed by atoms with van der Waals surface area (Å²) in [4.78, 5) is 18.7. The number of carbonyl (C=O) groups is 1. The zero-order chi connectivity index (χ0) is 22.6. The van der Waals surface area contributed by atoms with E-state index in [1.165, 1.54) is 36.8 Å². The average Bonchev–Trinajstić information content (AvgIpc) is 3.56. The van der Waals surface area contributed by atoms with Crippen LogP contribution in [-0.2, 0) is 6.54 Å². The van der Waals surface area contributed by atoms with Crippen molar-refractivity contribution in [3.8, 4) is 22.4 Å². The molecular weight excluding hydrogens is 428 g/mol. The maximum atomic E-state index is 11.2. The molecule has 0 bridgehead atoms. The van der Waals surface area contributed by atoms with Crippen LogP contribution in [0.3, 0.4) is 0 Å². The predicted octanol–water partition coefficient (Wildman–Crippen LogP) is 7.12. The summed E-state index contributed by atoms with van der Waals surface area (Å²) in [6.07, 6.45) is 4.84. The molecule has 5 rings (SSSR count). The number of hydrogen-bond donors (Lipinski definition) is 1. The van der Waals surface area contributed by atoms with E-state index < -0.39 is 5.97 Å². The maximum Gasteiger partial charge on any atom is 0.335 e. The van der Waals surface area contributed by atoms with Gasteiger partial charge in [-0.15, -0.1) is 11.3 Å². The second-order valence-corrected chi connectivity index (χ2v) is 9.37. The first kappa shape index (κ1) is 21.4. The molecule has 1 fully saturated rings. The van der Waals surface area contributed by atoms with Crippen LogP contribution >= 0.6 is 11.3 Å². The molecule has 4 nitrogen and oxygen atoms in total. The number of hydrogen-bond acceptors (Lipinski definition) is 4. The molecule has 3 aromatic carbocycles. The fourth-order valence-corrected chi connectivity index (χ4v) is 5.44. The van der Waals surface area contributed by atoms with Crippen LogP contribution in [0.4, 0.5) is 5.13 Å². The Hall–Kier alpha value is -3.44. The molecule has 1 saturated carbocycles. The van der Waals surface area contributed by atoms with Gasteiger partial charge < -0.3 is 10.0 Å². The van der Waals surface area contributed by atoms with Crippen molar-refractivity contribution in [2.24, 2.45) is 0 Å². The van der Waals surface area contributed by atoms with Gasteiger partial charge in [0.25, 0.3) is 0 Å². The smallest absolute Gasteiger partial charge is 0.335 e. The van der Waals surface area contributed by atoms with Crippen LogP contribution in [0.15, 0.2) is 84.2 Å². The van der Waals surface area contributed by atoms with E-state index >= 15 is 0 Å². The van der Waals surface area contributed by atoms with E-state index in [1.54, 1.807) is 23.5 Å². The standard InChI is InChI=1S/C28H26N2O2S/c31-27(32)22-15-13-20(14-16-22)18-30(25-11-4-5-12-25)28-29-26(19-33-28)24-10-6-9-23(17-24)21-7-2-1-3-8-21/h1-3,6-10,13-17,19,25H,4-5,11-12,18H2,(H,31,32). The number of carboxylic acids is 1. The molecule has 1 N–H and O–H groups in total. The summed E-state index contributed by atoms with van der Waals surface area (Å²) in [7, 11) is 0. The van der Waals surface area contributed by atoms with E-state index in [9.17, 15) is 9.90 Å². The molecule has 0 amide bonds. The third-order valence-corrected chi connectivity index (χ3v) is 7.20. The van der Waals surface area contributed by atoms with Gasteiger partial charge in [0, 0.05) is 23.5 Å². The Balaban J connectivity index is 1.42. The summed E-state index contributed by atoms with van der Waals surface area (Å²) in [5.74, 6) is -0.892. The van der Waals surface area contributed by atoms with Crippen molar-refractivity contribution in [3.63, 3.8) is 0 Å². The molecule has 1 aliphatic carbocycles.